The number of nitro groups is 1. The molecule has 3 N–H and O–H groups in total. The number of rotatable bonds is 4. The van der Waals surface area contributed by atoms with Gasteiger partial charge in [-0.1, -0.05) is 13.8 Å². The molecule has 2 rings (SSSR count). The Labute approximate surface area is 125 Å². The molecule has 0 bridgehead atoms. The minimum atomic E-state index is -0.591. The van der Waals surface area contributed by atoms with Gasteiger partial charge in [-0.15, -0.1) is 11.3 Å². The summed E-state index contributed by atoms with van der Waals surface area (Å²) < 4.78 is 0. The third kappa shape index (κ3) is 3.34. The van der Waals surface area contributed by atoms with Crippen molar-refractivity contribution in [3.8, 4) is 0 Å². The maximum Gasteiger partial charge on any atom is 0.292 e. The first kappa shape index (κ1) is 14.9. The van der Waals surface area contributed by atoms with E-state index in [0.717, 1.165) is 5.69 Å². The van der Waals surface area contributed by atoms with Crippen molar-refractivity contribution < 1.29 is 9.72 Å². The molecule has 2 aromatic rings. The fourth-order valence-corrected chi connectivity index (χ4v) is 2.51. The lowest BCUT2D eigenvalue weighted by molar-refractivity contribution is -0.383. The zero-order chi connectivity index (χ0) is 15.6. The third-order valence-corrected chi connectivity index (χ3v) is 3.60. The van der Waals surface area contributed by atoms with Crippen LogP contribution in [0.2, 0.25) is 0 Å². The van der Waals surface area contributed by atoms with E-state index in [1.165, 1.54) is 29.5 Å². The summed E-state index contributed by atoms with van der Waals surface area (Å²) in [5, 5.41) is 15.7. The van der Waals surface area contributed by atoms with Crippen molar-refractivity contribution in [2.75, 3.05) is 11.1 Å². The highest BCUT2D eigenvalue weighted by molar-refractivity contribution is 7.14. The lowest BCUT2D eigenvalue weighted by Gasteiger charge is -2.03. The van der Waals surface area contributed by atoms with Gasteiger partial charge in [0.25, 0.3) is 11.6 Å². The van der Waals surface area contributed by atoms with Gasteiger partial charge < -0.3 is 5.73 Å². The molecule has 0 aliphatic carbocycles. The second kappa shape index (κ2) is 5.88. The van der Waals surface area contributed by atoms with E-state index in [0.29, 0.717) is 5.13 Å². The second-order valence-electron chi connectivity index (χ2n) is 4.72. The number of hydrogen-bond acceptors (Lipinski definition) is 6. The lowest BCUT2D eigenvalue weighted by atomic mass is 10.1. The van der Waals surface area contributed by atoms with Crippen LogP contribution >= 0.6 is 11.3 Å². The first-order chi connectivity index (χ1) is 9.88. The number of aromatic nitrogens is 1. The van der Waals surface area contributed by atoms with Crippen molar-refractivity contribution in [3.63, 3.8) is 0 Å². The van der Waals surface area contributed by atoms with Crippen LogP contribution in [0.4, 0.5) is 16.5 Å². The number of nitrogens with two attached hydrogens (primary N) is 1. The number of thiazole rings is 1. The Kier molecular flexibility index (Phi) is 4.18. The fraction of sp³-hybridized carbons (Fsp3) is 0.231. The molecular formula is C13H14N4O3S. The van der Waals surface area contributed by atoms with Gasteiger partial charge in [0.05, 0.1) is 10.6 Å². The van der Waals surface area contributed by atoms with Crippen molar-refractivity contribution in [3.05, 3.63) is 45.0 Å². The van der Waals surface area contributed by atoms with E-state index in [2.05, 4.69) is 10.3 Å². The van der Waals surface area contributed by atoms with Gasteiger partial charge in [0.2, 0.25) is 0 Å². The van der Waals surface area contributed by atoms with E-state index in [1.54, 1.807) is 0 Å². The van der Waals surface area contributed by atoms with Crippen LogP contribution in [0.5, 0.6) is 0 Å². The van der Waals surface area contributed by atoms with Gasteiger partial charge in [-0.05, 0) is 18.1 Å². The zero-order valence-electron chi connectivity index (χ0n) is 11.5. The summed E-state index contributed by atoms with van der Waals surface area (Å²) >= 11 is 1.33. The minimum Gasteiger partial charge on any atom is -0.393 e. The Morgan fingerprint density at radius 3 is 2.71 bits per heavy atom. The molecule has 0 saturated heterocycles. The molecule has 0 spiro atoms. The number of hydrogen-bond donors (Lipinski definition) is 2. The lowest BCUT2D eigenvalue weighted by Crippen LogP contribution is -2.12. The summed E-state index contributed by atoms with van der Waals surface area (Å²) in [6.07, 6.45) is 0. The van der Waals surface area contributed by atoms with Gasteiger partial charge in [-0.2, -0.15) is 0 Å². The highest BCUT2D eigenvalue weighted by Crippen LogP contribution is 2.24. The third-order valence-electron chi connectivity index (χ3n) is 2.82. The number of nitrogens with zero attached hydrogens (tertiary/aromatic N) is 2. The molecular weight excluding hydrogens is 292 g/mol. The van der Waals surface area contributed by atoms with Crippen LogP contribution in [0.25, 0.3) is 0 Å². The van der Waals surface area contributed by atoms with Gasteiger partial charge >= 0.3 is 0 Å². The maximum atomic E-state index is 12.1. The molecule has 0 radical (unpaired) electrons. The Morgan fingerprint density at radius 1 is 1.48 bits per heavy atom. The molecule has 1 aromatic carbocycles. The molecule has 1 heterocycles. The molecule has 21 heavy (non-hydrogen) atoms. The molecule has 0 fully saturated rings. The summed E-state index contributed by atoms with van der Waals surface area (Å²) in [5.74, 6) is -0.122. The molecule has 0 aliphatic rings. The highest BCUT2D eigenvalue weighted by Gasteiger charge is 2.15. The van der Waals surface area contributed by atoms with Crippen LogP contribution in [0.1, 0.15) is 35.8 Å². The van der Waals surface area contributed by atoms with Crippen LogP contribution in [-0.4, -0.2) is 15.8 Å². The average molecular weight is 306 g/mol. The summed E-state index contributed by atoms with van der Waals surface area (Å²) in [7, 11) is 0. The van der Waals surface area contributed by atoms with Crippen LogP contribution in [0.15, 0.2) is 23.6 Å². The first-order valence-corrected chi connectivity index (χ1v) is 7.07. The SMILES string of the molecule is CC(C)c1csc(NC(=O)c2ccc([N+](=O)[O-])c(N)c2)n1. The van der Waals surface area contributed by atoms with E-state index in [9.17, 15) is 14.9 Å². The number of nitrogens with one attached hydrogen (secondary N) is 1. The van der Waals surface area contributed by atoms with Crippen molar-refractivity contribution >= 4 is 33.8 Å². The van der Waals surface area contributed by atoms with Crippen LogP contribution in [-0.2, 0) is 0 Å². The molecule has 0 atom stereocenters. The predicted octanol–water partition coefficient (Wildman–Crippen LogP) is 3.01. The second-order valence-corrected chi connectivity index (χ2v) is 5.58. The molecule has 0 aliphatic heterocycles. The van der Waals surface area contributed by atoms with Crippen LogP contribution in [0.3, 0.4) is 0 Å². The number of benzene rings is 1. The minimum absolute atomic E-state index is 0.0466. The van der Waals surface area contributed by atoms with Crippen molar-refractivity contribution in [1.82, 2.24) is 4.98 Å². The first-order valence-electron chi connectivity index (χ1n) is 6.19. The Hall–Kier alpha value is -2.48. The van der Waals surface area contributed by atoms with Crippen LogP contribution < -0.4 is 11.1 Å². The highest BCUT2D eigenvalue weighted by atomic mass is 32.1. The van der Waals surface area contributed by atoms with Gasteiger partial charge in [0.15, 0.2) is 5.13 Å². The zero-order valence-corrected chi connectivity index (χ0v) is 12.3. The number of nitrogen functional groups attached to an aromatic ring is 1. The summed E-state index contributed by atoms with van der Waals surface area (Å²) in [4.78, 5) is 26.4. The number of carbonyl (C=O) groups excluding carboxylic acids is 1. The summed E-state index contributed by atoms with van der Waals surface area (Å²) in [6, 6.07) is 3.86. The topological polar surface area (TPSA) is 111 Å². The van der Waals surface area contributed by atoms with Crippen molar-refractivity contribution in [2.45, 2.75) is 19.8 Å². The standard InChI is InChI=1S/C13H14N4O3S/c1-7(2)10-6-21-13(15-10)16-12(18)8-3-4-11(17(19)20)9(14)5-8/h3-7H,14H2,1-2H3,(H,15,16,18). The molecule has 0 unspecified atom stereocenters. The van der Waals surface area contributed by atoms with Gasteiger partial charge in [-0.3, -0.25) is 20.2 Å². The molecule has 110 valence electrons. The van der Waals surface area contributed by atoms with E-state index in [1.807, 2.05) is 19.2 Å². The number of nitro benzene ring substituents is 1. The number of amides is 1. The smallest absolute Gasteiger partial charge is 0.292 e. The largest absolute Gasteiger partial charge is 0.393 e. The van der Waals surface area contributed by atoms with E-state index in [-0.39, 0.29) is 22.9 Å². The van der Waals surface area contributed by atoms with Gasteiger partial charge in [0, 0.05) is 17.0 Å². The monoisotopic (exact) mass is 306 g/mol. The molecule has 1 aromatic heterocycles. The average Bonchev–Trinajstić information content (AvgIpc) is 2.86. The quantitative estimate of drug-likeness (QED) is 0.512. The Morgan fingerprint density at radius 2 is 2.19 bits per heavy atom. The normalized spacial score (nSPS) is 10.6. The molecule has 0 saturated carbocycles. The molecule has 1 amide bonds. The van der Waals surface area contributed by atoms with Crippen molar-refractivity contribution in [2.24, 2.45) is 0 Å². The van der Waals surface area contributed by atoms with Crippen LogP contribution in [0, 0.1) is 10.1 Å². The summed E-state index contributed by atoms with van der Waals surface area (Å²) in [5.41, 5.74) is 6.45. The van der Waals surface area contributed by atoms with Gasteiger partial charge in [0.1, 0.15) is 5.69 Å². The number of carbonyl (C=O) groups is 1. The predicted molar refractivity (Wildman–Crippen MR) is 81.7 cm³/mol. The fourth-order valence-electron chi connectivity index (χ4n) is 1.64. The maximum absolute atomic E-state index is 12.1. The van der Waals surface area contributed by atoms with Gasteiger partial charge in [-0.25, -0.2) is 4.98 Å². The van der Waals surface area contributed by atoms with E-state index < -0.39 is 10.8 Å². The van der Waals surface area contributed by atoms with Crippen molar-refractivity contribution in [1.29, 1.82) is 0 Å². The van der Waals surface area contributed by atoms with E-state index in [4.69, 9.17) is 5.73 Å². The summed E-state index contributed by atoms with van der Waals surface area (Å²) in [6.45, 7) is 4.02. The molecule has 7 nitrogen and oxygen atoms in total. The number of anilines is 2. The molecule has 8 heteroatoms. The Bertz CT molecular complexity index is 696. The van der Waals surface area contributed by atoms with E-state index >= 15 is 0 Å². The Balaban J connectivity index is 2.16.